The molecule has 0 aromatic carbocycles. The van der Waals surface area contributed by atoms with Crippen LogP contribution >= 0.6 is 0 Å². The van der Waals surface area contributed by atoms with Gasteiger partial charge in [-0.2, -0.15) is 4.31 Å². The van der Waals surface area contributed by atoms with Gasteiger partial charge < -0.3 is 5.32 Å². The standard InChI is InChI=1S/C16H28N4O3S/c1-13(2)20(14(3)4)10-9-18-16(21)12-19(5)24(22,23)15-7-6-8-17-11-15/h6-8,11,13-14H,9-10,12H2,1-5H3,(H,18,21). The minimum Gasteiger partial charge on any atom is -0.354 e. The van der Waals surface area contributed by atoms with Crippen LogP contribution < -0.4 is 5.32 Å². The number of likely N-dealkylation sites (N-methyl/N-ethyl adjacent to an activating group) is 1. The van der Waals surface area contributed by atoms with Gasteiger partial charge in [-0.25, -0.2) is 8.42 Å². The third-order valence-electron chi connectivity index (χ3n) is 3.73. The number of hydrogen-bond acceptors (Lipinski definition) is 5. The normalized spacial score (nSPS) is 12.4. The van der Waals surface area contributed by atoms with Crippen molar-refractivity contribution in [3.05, 3.63) is 24.5 Å². The fourth-order valence-electron chi connectivity index (χ4n) is 2.46. The Labute approximate surface area is 145 Å². The minimum atomic E-state index is -3.70. The van der Waals surface area contributed by atoms with Crippen molar-refractivity contribution < 1.29 is 13.2 Å². The fraction of sp³-hybridized carbons (Fsp3) is 0.625. The summed E-state index contributed by atoms with van der Waals surface area (Å²) in [4.78, 5) is 18.1. The zero-order valence-corrected chi connectivity index (χ0v) is 15.9. The molecule has 136 valence electrons. The van der Waals surface area contributed by atoms with Gasteiger partial charge in [0.2, 0.25) is 15.9 Å². The van der Waals surface area contributed by atoms with Gasteiger partial charge in [0, 0.05) is 44.6 Å². The topological polar surface area (TPSA) is 82.6 Å². The predicted octanol–water partition coefficient (Wildman–Crippen LogP) is 0.937. The molecular formula is C16H28N4O3S. The summed E-state index contributed by atoms with van der Waals surface area (Å²) in [5.41, 5.74) is 0. The molecule has 24 heavy (non-hydrogen) atoms. The number of carbonyl (C=O) groups excluding carboxylic acids is 1. The maximum absolute atomic E-state index is 12.3. The molecule has 0 saturated heterocycles. The zero-order chi connectivity index (χ0) is 18.3. The van der Waals surface area contributed by atoms with Gasteiger partial charge in [-0.1, -0.05) is 0 Å². The Morgan fingerprint density at radius 1 is 1.25 bits per heavy atom. The van der Waals surface area contributed by atoms with E-state index in [1.807, 2.05) is 0 Å². The summed E-state index contributed by atoms with van der Waals surface area (Å²) in [6.45, 7) is 9.41. The molecule has 0 unspecified atom stereocenters. The van der Waals surface area contributed by atoms with Crippen molar-refractivity contribution in [1.29, 1.82) is 0 Å². The summed E-state index contributed by atoms with van der Waals surface area (Å²) in [6.07, 6.45) is 2.77. The lowest BCUT2D eigenvalue weighted by atomic mass is 10.2. The van der Waals surface area contributed by atoms with Crippen molar-refractivity contribution in [2.75, 3.05) is 26.7 Å². The molecular weight excluding hydrogens is 328 g/mol. The number of nitrogens with one attached hydrogen (secondary N) is 1. The molecule has 0 aliphatic rings. The molecule has 0 atom stereocenters. The Bertz CT molecular complexity index is 609. The van der Waals surface area contributed by atoms with E-state index >= 15 is 0 Å². The summed E-state index contributed by atoms with van der Waals surface area (Å²) in [5.74, 6) is -0.322. The molecule has 1 rings (SSSR count). The molecule has 1 aromatic heterocycles. The number of sulfonamides is 1. The Balaban J connectivity index is 2.53. The summed E-state index contributed by atoms with van der Waals surface area (Å²) in [7, 11) is -2.32. The van der Waals surface area contributed by atoms with Crippen LogP contribution in [0.1, 0.15) is 27.7 Å². The Morgan fingerprint density at radius 3 is 2.38 bits per heavy atom. The van der Waals surface area contributed by atoms with E-state index in [9.17, 15) is 13.2 Å². The molecule has 0 saturated carbocycles. The Hall–Kier alpha value is -1.51. The van der Waals surface area contributed by atoms with Crippen LogP contribution in [0.4, 0.5) is 0 Å². The molecule has 7 nitrogen and oxygen atoms in total. The summed E-state index contributed by atoms with van der Waals surface area (Å²) < 4.78 is 25.7. The van der Waals surface area contributed by atoms with Crippen molar-refractivity contribution in [3.63, 3.8) is 0 Å². The second-order valence-corrected chi connectivity index (χ2v) is 8.27. The maximum atomic E-state index is 12.3. The van der Waals surface area contributed by atoms with Crippen LogP contribution in [0, 0.1) is 0 Å². The number of nitrogens with zero attached hydrogens (tertiary/aromatic N) is 3. The molecule has 0 fully saturated rings. The number of amides is 1. The summed E-state index contributed by atoms with van der Waals surface area (Å²) >= 11 is 0. The van der Waals surface area contributed by atoms with Crippen LogP contribution in [0.5, 0.6) is 0 Å². The van der Waals surface area contributed by atoms with E-state index < -0.39 is 10.0 Å². The van der Waals surface area contributed by atoms with Gasteiger partial charge in [-0.15, -0.1) is 0 Å². The highest BCUT2D eigenvalue weighted by Gasteiger charge is 2.23. The first-order valence-electron chi connectivity index (χ1n) is 8.05. The van der Waals surface area contributed by atoms with E-state index in [2.05, 4.69) is 42.9 Å². The average Bonchev–Trinajstić information content (AvgIpc) is 2.51. The van der Waals surface area contributed by atoms with Crippen LogP contribution in [0.3, 0.4) is 0 Å². The lowest BCUT2D eigenvalue weighted by Gasteiger charge is -2.30. The van der Waals surface area contributed by atoms with E-state index in [4.69, 9.17) is 0 Å². The molecule has 0 aliphatic carbocycles. The molecule has 1 aromatic rings. The van der Waals surface area contributed by atoms with Crippen molar-refractivity contribution in [3.8, 4) is 0 Å². The average molecular weight is 356 g/mol. The fourth-order valence-corrected chi connectivity index (χ4v) is 3.55. The second kappa shape index (κ2) is 9.10. The Morgan fingerprint density at radius 2 is 1.88 bits per heavy atom. The molecule has 1 N–H and O–H groups in total. The van der Waals surface area contributed by atoms with Crippen molar-refractivity contribution >= 4 is 15.9 Å². The summed E-state index contributed by atoms with van der Waals surface area (Å²) in [5, 5.41) is 2.78. The van der Waals surface area contributed by atoms with Crippen molar-refractivity contribution in [2.24, 2.45) is 0 Å². The monoisotopic (exact) mass is 356 g/mol. The molecule has 0 aliphatic heterocycles. The van der Waals surface area contributed by atoms with Crippen molar-refractivity contribution in [2.45, 2.75) is 44.7 Å². The number of hydrogen-bond donors (Lipinski definition) is 1. The van der Waals surface area contributed by atoms with Gasteiger partial charge in [0.05, 0.1) is 6.54 Å². The highest BCUT2D eigenvalue weighted by molar-refractivity contribution is 7.89. The lowest BCUT2D eigenvalue weighted by Crippen LogP contribution is -2.44. The first kappa shape index (κ1) is 20.5. The van der Waals surface area contributed by atoms with Crippen molar-refractivity contribution in [1.82, 2.24) is 19.5 Å². The number of carbonyl (C=O) groups is 1. The second-order valence-electron chi connectivity index (χ2n) is 6.23. The van der Waals surface area contributed by atoms with Crippen LogP contribution in [0.2, 0.25) is 0 Å². The quantitative estimate of drug-likeness (QED) is 0.712. The Kier molecular flexibility index (Phi) is 7.78. The molecule has 1 amide bonds. The molecule has 0 bridgehead atoms. The van der Waals surface area contributed by atoms with Gasteiger partial charge >= 0.3 is 0 Å². The SMILES string of the molecule is CC(C)N(CCNC(=O)CN(C)S(=O)(=O)c1cccnc1)C(C)C. The van der Waals surface area contributed by atoms with Crippen LogP contribution in [0.25, 0.3) is 0 Å². The van der Waals surface area contributed by atoms with Gasteiger partial charge in [-0.05, 0) is 39.8 Å². The van der Waals surface area contributed by atoms with Gasteiger partial charge in [-0.3, -0.25) is 14.7 Å². The van der Waals surface area contributed by atoms with Gasteiger partial charge in [0.25, 0.3) is 0 Å². The van der Waals surface area contributed by atoms with Gasteiger partial charge in [0.15, 0.2) is 0 Å². The van der Waals surface area contributed by atoms with Crippen LogP contribution in [0.15, 0.2) is 29.4 Å². The van der Waals surface area contributed by atoms with E-state index in [0.29, 0.717) is 18.6 Å². The first-order valence-corrected chi connectivity index (χ1v) is 9.49. The summed E-state index contributed by atoms with van der Waals surface area (Å²) in [6, 6.07) is 3.78. The largest absolute Gasteiger partial charge is 0.354 e. The smallest absolute Gasteiger partial charge is 0.244 e. The lowest BCUT2D eigenvalue weighted by molar-refractivity contribution is -0.121. The molecule has 0 radical (unpaired) electrons. The van der Waals surface area contributed by atoms with E-state index in [1.54, 1.807) is 6.07 Å². The highest BCUT2D eigenvalue weighted by Crippen LogP contribution is 2.11. The zero-order valence-electron chi connectivity index (χ0n) is 15.1. The first-order chi connectivity index (χ1) is 11.2. The molecule has 0 spiro atoms. The third-order valence-corrected chi connectivity index (χ3v) is 5.51. The van der Waals surface area contributed by atoms with E-state index in [0.717, 1.165) is 10.8 Å². The van der Waals surface area contributed by atoms with Crippen LogP contribution in [-0.2, 0) is 14.8 Å². The number of pyridine rings is 1. The van der Waals surface area contributed by atoms with E-state index in [-0.39, 0.29) is 17.3 Å². The highest BCUT2D eigenvalue weighted by atomic mass is 32.2. The number of rotatable bonds is 9. The minimum absolute atomic E-state index is 0.0751. The predicted molar refractivity (Wildman–Crippen MR) is 94.0 cm³/mol. The number of aromatic nitrogens is 1. The molecule has 8 heteroatoms. The van der Waals surface area contributed by atoms with Gasteiger partial charge in [0.1, 0.15) is 4.90 Å². The van der Waals surface area contributed by atoms with E-state index in [1.165, 1.54) is 25.5 Å². The maximum Gasteiger partial charge on any atom is 0.244 e. The third kappa shape index (κ3) is 5.85. The molecule has 1 heterocycles. The van der Waals surface area contributed by atoms with Crippen LogP contribution in [-0.4, -0.2) is 67.3 Å².